The van der Waals surface area contributed by atoms with Crippen LogP contribution in [0.4, 0.5) is 14.5 Å². The lowest BCUT2D eigenvalue weighted by atomic mass is 9.44. The van der Waals surface area contributed by atoms with Crippen LogP contribution in [0.3, 0.4) is 0 Å². The third-order valence-corrected chi connectivity index (χ3v) is 13.3. The maximum absolute atomic E-state index is 17.6. The Balaban J connectivity index is 1.12. The number of hydrogen-bond donors (Lipinski definition) is 3. The van der Waals surface area contributed by atoms with Crippen LogP contribution in [0.2, 0.25) is 0 Å². The number of ketones is 2. The van der Waals surface area contributed by atoms with Crippen molar-refractivity contribution in [2.75, 3.05) is 11.9 Å². The molecule has 5 aliphatic rings. The molecule has 0 bridgehead atoms. The van der Waals surface area contributed by atoms with Gasteiger partial charge in [-0.3, -0.25) is 9.59 Å². The molecule has 0 radical (unpaired) electrons. The summed E-state index contributed by atoms with van der Waals surface area (Å²) in [6, 6.07) is 14.5. The highest BCUT2D eigenvalue weighted by Gasteiger charge is 2.80. The van der Waals surface area contributed by atoms with Gasteiger partial charge in [0.15, 0.2) is 29.1 Å². The van der Waals surface area contributed by atoms with E-state index in [2.05, 4.69) is 44.3 Å². The molecule has 10 heteroatoms. The molecule has 49 heavy (non-hydrogen) atoms. The number of halogens is 2. The minimum Gasteiger partial charge on any atom is -0.390 e. The van der Waals surface area contributed by atoms with Gasteiger partial charge in [-0.25, -0.2) is 8.78 Å². The number of aryl methyl sites for hydroxylation is 1. The molecule has 0 unspecified atom stereocenters. The van der Waals surface area contributed by atoms with E-state index in [0.717, 1.165) is 28.0 Å². The SMILES string of the molecule is Cc1cc(SCc2ccc([C@H]3O[C@@H]4C[C@H]5[C@@H]6C[C@H](F)C7=CC(=O)C=C[C@]7(C)[C@@]6(F)[C@@H](O)C[C@]5(C)[C@]4(C(=O)CO)O3)cc2)ccc1NC(C)C. The first-order valence-electron chi connectivity index (χ1n) is 17.2. The first-order valence-corrected chi connectivity index (χ1v) is 18.2. The third-order valence-electron chi connectivity index (χ3n) is 12.2. The molecule has 10 atom stereocenters. The number of nitrogens with one attached hydrogen (secondary N) is 1. The fraction of sp³-hybridized carbons (Fsp3) is 0.538. The number of Topliss-reactive ketones (excluding diaryl/α,β-unsaturated/α-hetero) is 1. The predicted octanol–water partition coefficient (Wildman–Crippen LogP) is 6.75. The van der Waals surface area contributed by atoms with E-state index in [1.54, 1.807) is 25.6 Å². The number of benzene rings is 2. The van der Waals surface area contributed by atoms with Gasteiger partial charge in [-0.05, 0) is 99.9 Å². The van der Waals surface area contributed by atoms with Crippen LogP contribution in [-0.2, 0) is 24.8 Å². The zero-order valence-corrected chi connectivity index (χ0v) is 29.4. The molecule has 0 spiro atoms. The molecular formula is C39H45F2NO6S. The first-order chi connectivity index (χ1) is 23.2. The van der Waals surface area contributed by atoms with Crippen LogP contribution in [0.25, 0.3) is 0 Å². The second-order valence-corrected chi connectivity index (χ2v) is 16.3. The van der Waals surface area contributed by atoms with Crippen molar-refractivity contribution in [1.82, 2.24) is 0 Å². The average Bonchev–Trinajstić information content (AvgIpc) is 3.56. The highest BCUT2D eigenvalue weighted by molar-refractivity contribution is 7.98. The molecule has 4 fully saturated rings. The Labute approximate surface area is 290 Å². The number of ether oxygens (including phenoxy) is 2. The molecule has 1 saturated heterocycles. The molecule has 3 saturated carbocycles. The number of fused-ring (bicyclic) bond motifs is 7. The van der Waals surface area contributed by atoms with E-state index in [1.807, 2.05) is 24.3 Å². The summed E-state index contributed by atoms with van der Waals surface area (Å²) in [5.41, 5.74) is -2.50. The van der Waals surface area contributed by atoms with Crippen molar-refractivity contribution in [3.05, 3.63) is 83.0 Å². The number of aliphatic hydroxyl groups is 2. The first kappa shape index (κ1) is 34.6. The highest BCUT2D eigenvalue weighted by Crippen LogP contribution is 2.72. The molecular weight excluding hydrogens is 648 g/mol. The second-order valence-electron chi connectivity index (χ2n) is 15.3. The van der Waals surface area contributed by atoms with Crippen molar-refractivity contribution in [2.45, 2.75) is 107 Å². The van der Waals surface area contributed by atoms with Crippen LogP contribution in [-0.4, -0.2) is 64.1 Å². The van der Waals surface area contributed by atoms with Gasteiger partial charge in [-0.15, -0.1) is 11.8 Å². The van der Waals surface area contributed by atoms with Gasteiger partial charge in [0, 0.05) is 44.7 Å². The Bertz CT molecular complexity index is 1730. The molecule has 1 heterocycles. The molecule has 4 aliphatic carbocycles. The summed E-state index contributed by atoms with van der Waals surface area (Å²) in [6.45, 7) is 8.83. The Morgan fingerprint density at radius 1 is 1.12 bits per heavy atom. The topological polar surface area (TPSA) is 105 Å². The number of aliphatic hydroxyl groups excluding tert-OH is 2. The summed E-state index contributed by atoms with van der Waals surface area (Å²) < 4.78 is 46.5. The molecule has 3 N–H and O–H groups in total. The molecule has 2 aromatic rings. The number of carbonyl (C=O) groups excluding carboxylic acids is 2. The van der Waals surface area contributed by atoms with Gasteiger partial charge in [0.05, 0.1) is 12.2 Å². The van der Waals surface area contributed by atoms with Gasteiger partial charge in [0.1, 0.15) is 12.8 Å². The Morgan fingerprint density at radius 3 is 2.53 bits per heavy atom. The number of rotatable bonds is 8. The lowest BCUT2D eigenvalue weighted by Crippen LogP contribution is -2.70. The number of thioether (sulfide) groups is 1. The summed E-state index contributed by atoms with van der Waals surface area (Å²) in [4.78, 5) is 27.1. The maximum Gasteiger partial charge on any atom is 0.193 e. The summed E-state index contributed by atoms with van der Waals surface area (Å²) in [5, 5.41) is 25.4. The van der Waals surface area contributed by atoms with Crippen LogP contribution in [0.5, 0.6) is 0 Å². The number of alkyl halides is 2. The van der Waals surface area contributed by atoms with Gasteiger partial charge >= 0.3 is 0 Å². The highest BCUT2D eigenvalue weighted by atomic mass is 32.2. The van der Waals surface area contributed by atoms with Gasteiger partial charge in [0.25, 0.3) is 0 Å². The smallest absolute Gasteiger partial charge is 0.193 e. The lowest BCUT2D eigenvalue weighted by Gasteiger charge is -2.63. The quantitative estimate of drug-likeness (QED) is 0.261. The minimum atomic E-state index is -2.29. The van der Waals surface area contributed by atoms with E-state index in [4.69, 9.17) is 9.47 Å². The predicted molar refractivity (Wildman–Crippen MR) is 183 cm³/mol. The molecule has 7 nitrogen and oxygen atoms in total. The van der Waals surface area contributed by atoms with E-state index < -0.39 is 76.8 Å². The van der Waals surface area contributed by atoms with E-state index in [9.17, 15) is 19.8 Å². The molecule has 2 aromatic carbocycles. The molecule has 262 valence electrons. The van der Waals surface area contributed by atoms with Crippen molar-refractivity contribution in [1.29, 1.82) is 0 Å². The maximum atomic E-state index is 17.6. The molecule has 7 rings (SSSR count). The number of allylic oxidation sites excluding steroid dienone is 4. The number of anilines is 1. The zero-order chi connectivity index (χ0) is 35.1. The number of carbonyl (C=O) groups is 2. The van der Waals surface area contributed by atoms with Gasteiger partial charge in [-0.2, -0.15) is 0 Å². The summed E-state index contributed by atoms with van der Waals surface area (Å²) in [6.07, 6.45) is -1.34. The molecule has 0 aromatic heterocycles. The van der Waals surface area contributed by atoms with E-state index >= 15 is 8.78 Å². The van der Waals surface area contributed by atoms with Gasteiger partial charge in [-0.1, -0.05) is 37.3 Å². The average molecular weight is 694 g/mol. The van der Waals surface area contributed by atoms with Crippen LogP contribution < -0.4 is 5.32 Å². The van der Waals surface area contributed by atoms with Crippen molar-refractivity contribution in [2.24, 2.45) is 22.7 Å². The normalized spacial score (nSPS) is 39.2. The minimum absolute atomic E-state index is 0.0436. The lowest BCUT2D eigenvalue weighted by molar-refractivity contribution is -0.235. The van der Waals surface area contributed by atoms with Crippen LogP contribution >= 0.6 is 11.8 Å². The van der Waals surface area contributed by atoms with Crippen LogP contribution in [0.15, 0.2) is 71.2 Å². The van der Waals surface area contributed by atoms with Gasteiger partial charge < -0.3 is 25.0 Å². The van der Waals surface area contributed by atoms with Crippen molar-refractivity contribution < 1.29 is 38.1 Å². The zero-order valence-electron chi connectivity index (χ0n) is 28.5. The fourth-order valence-electron chi connectivity index (χ4n) is 9.85. The van der Waals surface area contributed by atoms with Crippen molar-refractivity contribution in [3.8, 4) is 0 Å². The Kier molecular flexibility index (Phi) is 8.54. The van der Waals surface area contributed by atoms with E-state index in [0.29, 0.717) is 11.6 Å². The molecule has 1 aliphatic heterocycles. The summed E-state index contributed by atoms with van der Waals surface area (Å²) in [5.74, 6) is -1.84. The Hall–Kier alpha value is -2.89. The summed E-state index contributed by atoms with van der Waals surface area (Å²) >= 11 is 1.73. The van der Waals surface area contributed by atoms with Crippen LogP contribution in [0.1, 0.15) is 69.9 Å². The van der Waals surface area contributed by atoms with E-state index in [1.165, 1.54) is 17.7 Å². The number of hydrogen-bond acceptors (Lipinski definition) is 8. The Morgan fingerprint density at radius 2 is 1.86 bits per heavy atom. The standard InChI is InChI=1S/C39H45F2NO6S/c1-21(2)42-31-11-10-26(14-22(31)3)49-20-23-6-8-24(9-7-23)35-47-34-17-27-28-16-30(40)29-15-25(44)12-13-36(29,4)38(28,41)32(45)18-37(27,5)39(34,48-35)33(46)19-43/h6-15,21,27-28,30,32,34-35,42-43,45H,16-20H2,1-5H3/t27-,28-,30-,32-,34+,35-,36-,37-,38-,39+/m0/s1. The fourth-order valence-corrected chi connectivity index (χ4v) is 10.8. The van der Waals surface area contributed by atoms with E-state index in [-0.39, 0.29) is 24.8 Å². The third kappa shape index (κ3) is 5.03. The molecule has 0 amide bonds. The van der Waals surface area contributed by atoms with Crippen LogP contribution in [0, 0.1) is 29.6 Å². The van der Waals surface area contributed by atoms with Gasteiger partial charge in [0.2, 0.25) is 0 Å². The monoisotopic (exact) mass is 693 g/mol. The van der Waals surface area contributed by atoms with Crippen molar-refractivity contribution in [3.63, 3.8) is 0 Å². The summed E-state index contributed by atoms with van der Waals surface area (Å²) in [7, 11) is 0. The van der Waals surface area contributed by atoms with Crippen molar-refractivity contribution >= 4 is 29.0 Å². The largest absolute Gasteiger partial charge is 0.390 e. The second kappa shape index (κ2) is 12.1.